The first-order chi connectivity index (χ1) is 13.9. The van der Waals surface area contributed by atoms with E-state index in [4.69, 9.17) is 0 Å². The van der Waals surface area contributed by atoms with Gasteiger partial charge in [0.25, 0.3) is 5.91 Å². The number of hydrogen-bond acceptors (Lipinski definition) is 2. The van der Waals surface area contributed by atoms with E-state index in [-0.39, 0.29) is 22.3 Å². The molecule has 4 heteroatoms. The first kappa shape index (κ1) is 23.7. The zero-order chi connectivity index (χ0) is 22.9. The van der Waals surface area contributed by atoms with Gasteiger partial charge in [-0.15, -0.1) is 0 Å². The van der Waals surface area contributed by atoms with E-state index in [2.05, 4.69) is 45.1 Å². The predicted molar refractivity (Wildman–Crippen MR) is 124 cm³/mol. The number of carboxylic acid groups (broad SMARTS) is 1. The maximum Gasteiger partial charge on any atom is 0.335 e. The molecule has 1 amide bonds. The van der Waals surface area contributed by atoms with Crippen LogP contribution < -0.4 is 5.32 Å². The molecule has 3 rings (SSSR count). The summed E-state index contributed by atoms with van der Waals surface area (Å²) in [4.78, 5) is 24.0. The number of anilines is 1. The van der Waals surface area contributed by atoms with E-state index >= 15 is 0 Å². The fraction of sp³-hybridized carbons (Fsp3) is 0.462. The summed E-state index contributed by atoms with van der Waals surface area (Å²) >= 11 is 0. The standard InChI is InChI=1S/C24H29NO3.C2H6/c1-14-11-16(7-8-17(14)22(27)28)21(26)25-20-13-19-18(12-15(20)2)23(3,4)9-10-24(19,5)6;1-2/h7-8,11-13H,9-10H2,1-6H3,(H,25,26)(H,27,28);1-2H3. The van der Waals surface area contributed by atoms with Crippen LogP contribution in [-0.4, -0.2) is 17.0 Å². The van der Waals surface area contributed by atoms with Gasteiger partial charge in [0.1, 0.15) is 0 Å². The Bertz CT molecular complexity index is 970. The van der Waals surface area contributed by atoms with Crippen LogP contribution in [0.4, 0.5) is 5.69 Å². The number of aryl methyl sites for hydroxylation is 2. The first-order valence-corrected chi connectivity index (χ1v) is 10.7. The highest BCUT2D eigenvalue weighted by molar-refractivity contribution is 6.05. The lowest BCUT2D eigenvalue weighted by Gasteiger charge is -2.42. The van der Waals surface area contributed by atoms with E-state index in [0.29, 0.717) is 11.1 Å². The number of carbonyl (C=O) groups excluding carboxylic acids is 1. The number of nitrogens with one attached hydrogen (secondary N) is 1. The summed E-state index contributed by atoms with van der Waals surface area (Å²) in [5, 5.41) is 12.2. The second kappa shape index (κ2) is 8.63. The van der Waals surface area contributed by atoms with Gasteiger partial charge < -0.3 is 10.4 Å². The molecule has 0 aliphatic heterocycles. The van der Waals surface area contributed by atoms with E-state index in [0.717, 1.165) is 24.1 Å². The van der Waals surface area contributed by atoms with Gasteiger partial charge >= 0.3 is 5.97 Å². The Morgan fingerprint density at radius 2 is 1.40 bits per heavy atom. The number of aromatic carboxylic acids is 1. The molecular weight excluding hydrogens is 374 g/mol. The Balaban J connectivity index is 0.00000155. The molecule has 1 aliphatic carbocycles. The van der Waals surface area contributed by atoms with E-state index < -0.39 is 5.97 Å². The van der Waals surface area contributed by atoms with Crippen molar-refractivity contribution in [1.29, 1.82) is 0 Å². The third-order valence-electron chi connectivity index (χ3n) is 6.16. The first-order valence-electron chi connectivity index (χ1n) is 10.7. The molecule has 2 aromatic rings. The molecule has 0 bridgehead atoms. The van der Waals surface area contributed by atoms with Gasteiger partial charge in [-0.25, -0.2) is 4.79 Å². The highest BCUT2D eigenvalue weighted by Crippen LogP contribution is 2.47. The molecule has 0 heterocycles. The van der Waals surface area contributed by atoms with Crippen molar-refractivity contribution >= 4 is 17.6 Å². The van der Waals surface area contributed by atoms with Gasteiger partial charge in [0, 0.05) is 11.3 Å². The smallest absolute Gasteiger partial charge is 0.335 e. The van der Waals surface area contributed by atoms with Crippen LogP contribution in [0.5, 0.6) is 0 Å². The molecule has 30 heavy (non-hydrogen) atoms. The molecule has 0 unspecified atom stereocenters. The Hall–Kier alpha value is -2.62. The average Bonchev–Trinajstić information content (AvgIpc) is 2.68. The molecule has 162 valence electrons. The van der Waals surface area contributed by atoms with Crippen LogP contribution in [0.15, 0.2) is 30.3 Å². The second-order valence-corrected chi connectivity index (χ2v) is 9.27. The Morgan fingerprint density at radius 3 is 1.90 bits per heavy atom. The molecule has 4 nitrogen and oxygen atoms in total. The van der Waals surface area contributed by atoms with Crippen LogP contribution in [0.2, 0.25) is 0 Å². The largest absolute Gasteiger partial charge is 0.478 e. The van der Waals surface area contributed by atoms with Crippen LogP contribution >= 0.6 is 0 Å². The van der Waals surface area contributed by atoms with Crippen LogP contribution in [0, 0.1) is 13.8 Å². The highest BCUT2D eigenvalue weighted by Gasteiger charge is 2.37. The summed E-state index contributed by atoms with van der Waals surface area (Å²) in [7, 11) is 0. The number of amides is 1. The predicted octanol–water partition coefficient (Wildman–Crippen LogP) is 6.63. The minimum Gasteiger partial charge on any atom is -0.478 e. The molecule has 0 atom stereocenters. The lowest BCUT2D eigenvalue weighted by Crippen LogP contribution is -2.34. The normalized spacial score (nSPS) is 16.0. The fourth-order valence-electron chi connectivity index (χ4n) is 4.10. The topological polar surface area (TPSA) is 66.4 Å². The van der Waals surface area contributed by atoms with E-state index in [9.17, 15) is 14.7 Å². The minimum atomic E-state index is -0.986. The van der Waals surface area contributed by atoms with Crippen LogP contribution in [0.3, 0.4) is 0 Å². The van der Waals surface area contributed by atoms with Crippen molar-refractivity contribution in [2.75, 3.05) is 5.32 Å². The number of carbonyl (C=O) groups is 2. The molecule has 0 spiro atoms. The van der Waals surface area contributed by atoms with E-state index in [1.807, 2.05) is 20.8 Å². The minimum absolute atomic E-state index is 0.0672. The lowest BCUT2D eigenvalue weighted by atomic mass is 9.63. The van der Waals surface area contributed by atoms with Crippen LogP contribution in [-0.2, 0) is 10.8 Å². The number of hydrogen-bond donors (Lipinski definition) is 2. The summed E-state index contributed by atoms with van der Waals surface area (Å²) in [6, 6.07) is 9.01. The lowest BCUT2D eigenvalue weighted by molar-refractivity contribution is 0.0695. The molecule has 0 fully saturated rings. The van der Waals surface area contributed by atoms with E-state index in [1.165, 1.54) is 17.2 Å². The van der Waals surface area contributed by atoms with Crippen molar-refractivity contribution in [3.8, 4) is 0 Å². The van der Waals surface area contributed by atoms with Crippen LogP contribution in [0.1, 0.15) is 97.4 Å². The van der Waals surface area contributed by atoms with Crippen molar-refractivity contribution < 1.29 is 14.7 Å². The monoisotopic (exact) mass is 409 g/mol. The summed E-state index contributed by atoms with van der Waals surface area (Å²) in [5.41, 5.74) is 5.95. The maximum atomic E-state index is 12.8. The van der Waals surface area contributed by atoms with Gasteiger partial charge in [0.2, 0.25) is 0 Å². The van der Waals surface area contributed by atoms with Crippen molar-refractivity contribution in [2.45, 2.75) is 79.1 Å². The summed E-state index contributed by atoms with van der Waals surface area (Å²) in [6.07, 6.45) is 2.26. The second-order valence-electron chi connectivity index (χ2n) is 9.27. The summed E-state index contributed by atoms with van der Waals surface area (Å²) in [6.45, 7) is 16.8. The summed E-state index contributed by atoms with van der Waals surface area (Å²) in [5.74, 6) is -1.21. The van der Waals surface area contributed by atoms with Crippen molar-refractivity contribution in [2.24, 2.45) is 0 Å². The summed E-state index contributed by atoms with van der Waals surface area (Å²) < 4.78 is 0. The maximum absolute atomic E-state index is 12.8. The number of carboxylic acids is 1. The Kier molecular flexibility index (Phi) is 6.80. The van der Waals surface area contributed by atoms with E-state index in [1.54, 1.807) is 19.1 Å². The number of fused-ring (bicyclic) bond motifs is 1. The van der Waals surface area contributed by atoms with Gasteiger partial charge in [-0.05, 0) is 84.0 Å². The SMILES string of the molecule is CC.Cc1cc2c(cc1NC(=O)c1ccc(C(=O)O)c(C)c1)C(C)(C)CCC2(C)C. The van der Waals surface area contributed by atoms with Gasteiger partial charge in [0.05, 0.1) is 5.56 Å². The van der Waals surface area contributed by atoms with Crippen molar-refractivity contribution in [1.82, 2.24) is 0 Å². The van der Waals surface area contributed by atoms with Gasteiger partial charge in [-0.2, -0.15) is 0 Å². The molecule has 2 aromatic carbocycles. The number of benzene rings is 2. The molecule has 0 saturated heterocycles. The van der Waals surface area contributed by atoms with Crippen molar-refractivity contribution in [3.63, 3.8) is 0 Å². The van der Waals surface area contributed by atoms with Gasteiger partial charge in [0.15, 0.2) is 0 Å². The zero-order valence-electron chi connectivity index (χ0n) is 19.6. The third-order valence-corrected chi connectivity index (χ3v) is 6.16. The molecule has 0 saturated carbocycles. The molecule has 2 N–H and O–H groups in total. The Labute approximate surface area is 180 Å². The highest BCUT2D eigenvalue weighted by atomic mass is 16.4. The third kappa shape index (κ3) is 4.58. The van der Waals surface area contributed by atoms with Gasteiger partial charge in [-0.3, -0.25) is 4.79 Å². The van der Waals surface area contributed by atoms with Crippen LogP contribution in [0.25, 0.3) is 0 Å². The average molecular weight is 410 g/mol. The molecule has 0 radical (unpaired) electrons. The molecular formula is C26H35NO3. The Morgan fingerprint density at radius 1 is 0.867 bits per heavy atom. The molecule has 1 aliphatic rings. The number of rotatable bonds is 3. The molecule has 0 aromatic heterocycles. The van der Waals surface area contributed by atoms with Crippen molar-refractivity contribution in [3.05, 3.63) is 63.7 Å². The van der Waals surface area contributed by atoms with Gasteiger partial charge in [-0.1, -0.05) is 47.6 Å². The fourth-order valence-corrected chi connectivity index (χ4v) is 4.10. The zero-order valence-corrected chi connectivity index (χ0v) is 19.6. The quantitative estimate of drug-likeness (QED) is 0.598.